The van der Waals surface area contributed by atoms with Gasteiger partial charge in [0.1, 0.15) is 0 Å². The number of carbonyl (C=O) groups excluding carboxylic acids is 1. The molecule has 0 fully saturated rings. The molecule has 0 N–H and O–H groups in total. The van der Waals surface area contributed by atoms with Gasteiger partial charge in [-0.2, -0.15) is 0 Å². The van der Waals surface area contributed by atoms with E-state index in [1.54, 1.807) is 18.2 Å². The normalized spacial score (nSPS) is 10.4. The van der Waals surface area contributed by atoms with Crippen molar-refractivity contribution in [3.63, 3.8) is 0 Å². The Kier molecular flexibility index (Phi) is 4.69. The lowest BCUT2D eigenvalue weighted by molar-refractivity contribution is 0.103. The summed E-state index contributed by atoms with van der Waals surface area (Å²) in [5, 5.41) is 0.889. The molecule has 92 valence electrons. The first-order valence-electron chi connectivity index (χ1n) is 4.94. The molecule has 2 aromatic carbocycles. The first kappa shape index (κ1) is 14.3. The SMILES string of the molecule is O=C(c1cc(Cl)ccc1Cl)c1cc(I)ccc1Br. The van der Waals surface area contributed by atoms with E-state index in [0.29, 0.717) is 21.2 Å². The lowest BCUT2D eigenvalue weighted by Gasteiger charge is -2.07. The molecule has 0 radical (unpaired) electrons. The van der Waals surface area contributed by atoms with Crippen LogP contribution in [0.3, 0.4) is 0 Å². The van der Waals surface area contributed by atoms with Crippen molar-refractivity contribution in [1.82, 2.24) is 0 Å². The molecule has 0 amide bonds. The van der Waals surface area contributed by atoms with Crippen molar-refractivity contribution < 1.29 is 4.79 Å². The molecular weight excluding hydrogens is 450 g/mol. The van der Waals surface area contributed by atoms with Gasteiger partial charge in [-0.25, -0.2) is 0 Å². The quantitative estimate of drug-likeness (QED) is 0.426. The van der Waals surface area contributed by atoms with Crippen LogP contribution >= 0.6 is 61.7 Å². The number of hydrogen-bond donors (Lipinski definition) is 0. The Bertz CT molecular complexity index is 575. The second-order valence-corrected chi connectivity index (χ2v) is 6.52. The van der Waals surface area contributed by atoms with Crippen molar-refractivity contribution in [3.05, 3.63) is 65.6 Å². The van der Waals surface area contributed by atoms with E-state index in [1.165, 1.54) is 0 Å². The number of ketones is 1. The average Bonchev–Trinajstić information content (AvgIpc) is 2.34. The smallest absolute Gasteiger partial charge is 0.195 e. The van der Waals surface area contributed by atoms with Crippen molar-refractivity contribution >= 4 is 67.5 Å². The Hall–Kier alpha value is -0.100. The molecule has 18 heavy (non-hydrogen) atoms. The first-order chi connectivity index (χ1) is 8.49. The summed E-state index contributed by atoms with van der Waals surface area (Å²) >= 11 is 17.5. The maximum atomic E-state index is 12.4. The molecule has 1 nitrogen and oxygen atoms in total. The van der Waals surface area contributed by atoms with Gasteiger partial charge in [0, 0.05) is 24.2 Å². The third-order valence-corrected chi connectivity index (χ3v) is 4.27. The fourth-order valence-electron chi connectivity index (χ4n) is 1.49. The van der Waals surface area contributed by atoms with E-state index in [0.717, 1.165) is 8.04 Å². The highest BCUT2D eigenvalue weighted by Crippen LogP contribution is 2.27. The highest BCUT2D eigenvalue weighted by atomic mass is 127. The zero-order valence-corrected chi connectivity index (χ0v) is 14.1. The largest absolute Gasteiger partial charge is 0.289 e. The van der Waals surface area contributed by atoms with Crippen LogP contribution in [0.15, 0.2) is 40.9 Å². The summed E-state index contributed by atoms with van der Waals surface area (Å²) < 4.78 is 1.72. The lowest BCUT2D eigenvalue weighted by atomic mass is 10.0. The number of benzene rings is 2. The zero-order chi connectivity index (χ0) is 13.3. The van der Waals surface area contributed by atoms with Crippen molar-refractivity contribution in [3.8, 4) is 0 Å². The van der Waals surface area contributed by atoms with Crippen LogP contribution in [0, 0.1) is 3.57 Å². The molecule has 0 saturated carbocycles. The summed E-state index contributed by atoms with van der Waals surface area (Å²) in [5.74, 6) is -0.145. The first-order valence-corrected chi connectivity index (χ1v) is 7.56. The minimum atomic E-state index is -0.145. The number of hydrogen-bond acceptors (Lipinski definition) is 1. The number of halogens is 4. The third kappa shape index (κ3) is 3.07. The summed E-state index contributed by atoms with van der Waals surface area (Å²) in [6.07, 6.45) is 0. The standard InChI is InChI=1S/C13H6BrCl2IO/c14-11-3-2-8(17)6-9(11)13(18)10-5-7(15)1-4-12(10)16/h1-6H. The molecule has 0 heterocycles. The minimum absolute atomic E-state index is 0.145. The molecule has 0 unspecified atom stereocenters. The van der Waals surface area contributed by atoms with Crippen LogP contribution in [0.1, 0.15) is 15.9 Å². The van der Waals surface area contributed by atoms with Crippen LogP contribution in [-0.4, -0.2) is 5.78 Å². The van der Waals surface area contributed by atoms with Gasteiger partial charge in [0.2, 0.25) is 0 Å². The molecule has 5 heteroatoms. The molecular formula is C13H6BrCl2IO. The van der Waals surface area contributed by atoms with Gasteiger partial charge in [-0.1, -0.05) is 39.1 Å². The fourth-order valence-corrected chi connectivity index (χ4v) is 2.78. The summed E-state index contributed by atoms with van der Waals surface area (Å²) in [4.78, 5) is 12.4. The molecule has 0 aliphatic heterocycles. The van der Waals surface area contributed by atoms with Crippen LogP contribution in [0.25, 0.3) is 0 Å². The summed E-state index contributed by atoms with van der Waals surface area (Å²) in [6.45, 7) is 0. The van der Waals surface area contributed by atoms with Crippen LogP contribution in [0.2, 0.25) is 10.0 Å². The van der Waals surface area contributed by atoms with Gasteiger partial charge in [0.25, 0.3) is 0 Å². The van der Waals surface area contributed by atoms with Gasteiger partial charge in [-0.05, 0) is 59.0 Å². The second-order valence-electron chi connectivity index (χ2n) is 3.58. The average molecular weight is 456 g/mol. The molecule has 0 aliphatic rings. The predicted octanol–water partition coefficient (Wildman–Crippen LogP) is 5.59. The Balaban J connectivity index is 2.54. The molecule has 2 aromatic rings. The lowest BCUT2D eigenvalue weighted by Crippen LogP contribution is -2.03. The number of carbonyl (C=O) groups is 1. The molecule has 0 aliphatic carbocycles. The maximum absolute atomic E-state index is 12.4. The van der Waals surface area contributed by atoms with Gasteiger partial charge in [-0.15, -0.1) is 0 Å². The monoisotopic (exact) mass is 454 g/mol. The van der Waals surface area contributed by atoms with Crippen LogP contribution in [0.4, 0.5) is 0 Å². The molecule has 0 aromatic heterocycles. The van der Waals surface area contributed by atoms with Crippen LogP contribution in [0.5, 0.6) is 0 Å². The summed E-state index contributed by atoms with van der Waals surface area (Å²) in [7, 11) is 0. The molecule has 0 atom stereocenters. The van der Waals surface area contributed by atoms with Crippen molar-refractivity contribution in [2.75, 3.05) is 0 Å². The predicted molar refractivity (Wildman–Crippen MR) is 86.8 cm³/mol. The van der Waals surface area contributed by atoms with Gasteiger partial charge < -0.3 is 0 Å². The van der Waals surface area contributed by atoms with Gasteiger partial charge in [-0.3, -0.25) is 4.79 Å². The van der Waals surface area contributed by atoms with E-state index in [1.807, 2.05) is 18.2 Å². The Morgan fingerprint density at radius 1 is 1.06 bits per heavy atom. The topological polar surface area (TPSA) is 17.1 Å². The fraction of sp³-hybridized carbons (Fsp3) is 0. The molecule has 2 rings (SSSR count). The van der Waals surface area contributed by atoms with E-state index in [9.17, 15) is 4.79 Å². The minimum Gasteiger partial charge on any atom is -0.289 e. The van der Waals surface area contributed by atoms with E-state index in [2.05, 4.69) is 38.5 Å². The second kappa shape index (κ2) is 5.90. The van der Waals surface area contributed by atoms with Gasteiger partial charge >= 0.3 is 0 Å². The van der Waals surface area contributed by atoms with E-state index >= 15 is 0 Å². The van der Waals surface area contributed by atoms with Crippen molar-refractivity contribution in [1.29, 1.82) is 0 Å². The molecule has 0 spiro atoms. The summed E-state index contributed by atoms with van der Waals surface area (Å²) in [6, 6.07) is 10.4. The molecule has 0 saturated heterocycles. The van der Waals surface area contributed by atoms with E-state index in [4.69, 9.17) is 23.2 Å². The van der Waals surface area contributed by atoms with Gasteiger partial charge in [0.05, 0.1) is 5.02 Å². The Morgan fingerprint density at radius 2 is 1.78 bits per heavy atom. The zero-order valence-electron chi connectivity index (χ0n) is 8.88. The molecule has 0 bridgehead atoms. The van der Waals surface area contributed by atoms with Crippen LogP contribution < -0.4 is 0 Å². The highest BCUT2D eigenvalue weighted by molar-refractivity contribution is 14.1. The van der Waals surface area contributed by atoms with E-state index < -0.39 is 0 Å². The Morgan fingerprint density at radius 3 is 2.50 bits per heavy atom. The van der Waals surface area contributed by atoms with Crippen LogP contribution in [-0.2, 0) is 0 Å². The number of rotatable bonds is 2. The summed E-state index contributed by atoms with van der Waals surface area (Å²) in [5.41, 5.74) is 0.984. The highest BCUT2D eigenvalue weighted by Gasteiger charge is 2.16. The Labute approximate surface area is 137 Å². The third-order valence-electron chi connectivity index (χ3n) is 2.35. The van der Waals surface area contributed by atoms with Crippen molar-refractivity contribution in [2.24, 2.45) is 0 Å². The van der Waals surface area contributed by atoms with Gasteiger partial charge in [0.15, 0.2) is 5.78 Å². The van der Waals surface area contributed by atoms with E-state index in [-0.39, 0.29) is 5.78 Å². The van der Waals surface area contributed by atoms with Crippen molar-refractivity contribution in [2.45, 2.75) is 0 Å². The maximum Gasteiger partial charge on any atom is 0.195 e.